The maximum absolute atomic E-state index is 13.0. The summed E-state index contributed by atoms with van der Waals surface area (Å²) in [6.45, 7) is 10.1. The number of nitrogens with zero attached hydrogens (tertiary/aromatic N) is 5. The first-order valence-corrected chi connectivity index (χ1v) is 11.7. The van der Waals surface area contributed by atoms with Crippen LogP contribution < -0.4 is 0 Å². The number of carbonyl (C=O) groups excluding carboxylic acids is 1. The number of fused-ring (bicyclic) bond motifs is 1. The van der Waals surface area contributed by atoms with Crippen LogP contribution in [0.15, 0.2) is 36.7 Å². The highest BCUT2D eigenvalue weighted by molar-refractivity contribution is 6.30. The quantitative estimate of drug-likeness (QED) is 0.343. The Kier molecular flexibility index (Phi) is 6.71. The van der Waals surface area contributed by atoms with E-state index in [1.54, 1.807) is 4.68 Å². The highest BCUT2D eigenvalue weighted by Gasteiger charge is 2.34. The second-order valence-electron chi connectivity index (χ2n) is 9.59. The molecule has 35 heavy (non-hydrogen) atoms. The van der Waals surface area contributed by atoms with E-state index in [1.165, 1.54) is 7.11 Å². The fraction of sp³-hybridized carbons (Fsp3) is 0.385. The lowest BCUT2D eigenvalue weighted by molar-refractivity contribution is -0.164. The zero-order valence-electron chi connectivity index (χ0n) is 21.1. The number of benzene rings is 1. The van der Waals surface area contributed by atoms with Gasteiger partial charge in [0.25, 0.3) is 0 Å². The summed E-state index contributed by atoms with van der Waals surface area (Å²) >= 11 is 6.20. The van der Waals surface area contributed by atoms with Crippen LogP contribution in [0.2, 0.25) is 5.02 Å². The first-order chi connectivity index (χ1) is 16.5. The lowest BCUT2D eigenvalue weighted by atomic mass is 9.91. The van der Waals surface area contributed by atoms with Crippen molar-refractivity contribution in [2.75, 3.05) is 7.11 Å². The lowest BCUT2D eigenvalue weighted by Gasteiger charge is -2.28. The number of aromatic nitrogens is 5. The van der Waals surface area contributed by atoms with Crippen LogP contribution in [0.1, 0.15) is 49.4 Å². The van der Waals surface area contributed by atoms with E-state index < -0.39 is 17.7 Å². The molecule has 0 amide bonds. The summed E-state index contributed by atoms with van der Waals surface area (Å²) in [6, 6.07) is 7.53. The topological polar surface area (TPSA) is 84.1 Å². The number of pyridine rings is 1. The van der Waals surface area contributed by atoms with Crippen molar-refractivity contribution in [3.63, 3.8) is 0 Å². The van der Waals surface area contributed by atoms with Crippen LogP contribution in [0.3, 0.4) is 0 Å². The maximum Gasteiger partial charge on any atom is 0.339 e. The van der Waals surface area contributed by atoms with Crippen LogP contribution in [0, 0.1) is 13.8 Å². The van der Waals surface area contributed by atoms with Gasteiger partial charge in [0.2, 0.25) is 0 Å². The Morgan fingerprint density at radius 1 is 1.14 bits per heavy atom. The van der Waals surface area contributed by atoms with Crippen molar-refractivity contribution < 1.29 is 14.3 Å². The minimum absolute atomic E-state index is 0.486. The Hall–Kier alpha value is -3.23. The molecule has 0 aliphatic heterocycles. The van der Waals surface area contributed by atoms with Crippen molar-refractivity contribution in [1.29, 1.82) is 0 Å². The second-order valence-corrected chi connectivity index (χ2v) is 10.0. The van der Waals surface area contributed by atoms with E-state index in [2.05, 4.69) is 5.10 Å². The van der Waals surface area contributed by atoms with Crippen molar-refractivity contribution in [3.8, 4) is 11.1 Å². The van der Waals surface area contributed by atoms with E-state index in [-0.39, 0.29) is 0 Å². The molecule has 1 aromatic carbocycles. The largest absolute Gasteiger partial charge is 0.467 e. The van der Waals surface area contributed by atoms with Crippen molar-refractivity contribution >= 4 is 28.6 Å². The van der Waals surface area contributed by atoms with E-state index >= 15 is 0 Å². The molecule has 0 saturated carbocycles. The molecule has 184 valence electrons. The molecule has 4 rings (SSSR count). The number of hydrogen-bond donors (Lipinski definition) is 0. The Morgan fingerprint density at radius 3 is 2.40 bits per heavy atom. The molecular formula is C26H30ClN5O3. The van der Waals surface area contributed by atoms with Gasteiger partial charge in [-0.1, -0.05) is 23.7 Å². The molecule has 0 aliphatic rings. The third-order valence-corrected chi connectivity index (χ3v) is 5.91. The average Bonchev–Trinajstić information content (AvgIpc) is 3.33. The smallest absolute Gasteiger partial charge is 0.339 e. The fourth-order valence-corrected chi connectivity index (χ4v) is 4.40. The van der Waals surface area contributed by atoms with Crippen LogP contribution in [-0.4, -0.2) is 43.2 Å². The number of esters is 1. The number of hydrogen-bond acceptors (Lipinski definition) is 6. The van der Waals surface area contributed by atoms with Gasteiger partial charge < -0.3 is 9.47 Å². The Labute approximate surface area is 209 Å². The molecule has 0 bridgehead atoms. The monoisotopic (exact) mass is 495 g/mol. The summed E-state index contributed by atoms with van der Waals surface area (Å²) < 4.78 is 15.1. The van der Waals surface area contributed by atoms with Gasteiger partial charge in [0.15, 0.2) is 11.8 Å². The van der Waals surface area contributed by atoms with Crippen LogP contribution in [0.4, 0.5) is 0 Å². The van der Waals surface area contributed by atoms with Gasteiger partial charge in [-0.05, 0) is 52.3 Å². The zero-order chi connectivity index (χ0) is 25.5. The van der Waals surface area contributed by atoms with Gasteiger partial charge in [-0.2, -0.15) is 10.2 Å². The van der Waals surface area contributed by atoms with Gasteiger partial charge >= 0.3 is 5.97 Å². The fourth-order valence-electron chi connectivity index (χ4n) is 4.27. The number of ether oxygens (including phenoxy) is 2. The molecule has 0 fully saturated rings. The first kappa shape index (κ1) is 24.9. The van der Waals surface area contributed by atoms with E-state index in [0.717, 1.165) is 33.4 Å². The molecular weight excluding hydrogens is 466 g/mol. The third-order valence-electron chi connectivity index (χ3n) is 5.66. The molecule has 0 aliphatic carbocycles. The van der Waals surface area contributed by atoms with Gasteiger partial charge in [0.1, 0.15) is 0 Å². The van der Waals surface area contributed by atoms with Crippen LogP contribution >= 0.6 is 11.6 Å². The van der Waals surface area contributed by atoms with E-state index in [0.29, 0.717) is 22.8 Å². The predicted molar refractivity (Wildman–Crippen MR) is 135 cm³/mol. The van der Waals surface area contributed by atoms with E-state index in [9.17, 15) is 4.79 Å². The Balaban J connectivity index is 2.03. The number of halogens is 1. The number of aryl methyl sites for hydroxylation is 3. The minimum atomic E-state index is -0.969. The molecule has 0 unspecified atom stereocenters. The van der Waals surface area contributed by atoms with Crippen molar-refractivity contribution in [2.45, 2.75) is 52.9 Å². The third kappa shape index (κ3) is 5.09. The van der Waals surface area contributed by atoms with Crippen LogP contribution in [-0.2, 0) is 27.9 Å². The molecule has 9 heteroatoms. The highest BCUT2D eigenvalue weighted by atomic mass is 35.5. The number of carbonyl (C=O) groups is 1. The standard InChI is InChI=1S/C26H30ClN5O3/c1-15-20(23(25(33)34-7)35-26(3,4)5)22(18-8-10-19(27)11-9-18)21-16(2)30-32(24(21)29-15)14-17-12-28-31(6)13-17/h8-13,23H,14H2,1-7H3/t23-/m0/s1. The SMILES string of the molecule is COC(=O)[C@@H](OC(C)(C)C)c1c(C)nc2c(c(C)nn2Cc2cnn(C)c2)c1-c1ccc(Cl)cc1. The Morgan fingerprint density at radius 2 is 1.83 bits per heavy atom. The molecule has 0 spiro atoms. The van der Waals surface area contributed by atoms with Gasteiger partial charge in [-0.25, -0.2) is 14.5 Å². The zero-order valence-corrected chi connectivity index (χ0v) is 21.8. The molecule has 1 atom stereocenters. The maximum atomic E-state index is 13.0. The summed E-state index contributed by atoms with van der Waals surface area (Å²) in [5.41, 5.74) is 4.96. The van der Waals surface area contributed by atoms with Gasteiger partial charge in [0, 0.05) is 40.7 Å². The van der Waals surface area contributed by atoms with Crippen LogP contribution in [0.25, 0.3) is 22.2 Å². The predicted octanol–water partition coefficient (Wildman–Crippen LogP) is 5.18. The summed E-state index contributed by atoms with van der Waals surface area (Å²) in [4.78, 5) is 18.0. The molecule has 0 radical (unpaired) electrons. The van der Waals surface area contributed by atoms with E-state index in [1.807, 2.05) is 83.0 Å². The average molecular weight is 496 g/mol. The normalized spacial score (nSPS) is 12.8. The number of methoxy groups -OCH3 is 1. The van der Waals surface area contributed by atoms with Crippen molar-refractivity contribution in [3.05, 3.63) is 64.2 Å². The molecule has 0 N–H and O–H groups in total. The molecule has 3 aromatic heterocycles. The molecule has 3 heterocycles. The van der Waals surface area contributed by atoms with Crippen molar-refractivity contribution in [2.24, 2.45) is 7.05 Å². The van der Waals surface area contributed by atoms with Gasteiger partial charge in [-0.3, -0.25) is 4.68 Å². The van der Waals surface area contributed by atoms with Gasteiger partial charge in [0.05, 0.1) is 36.5 Å². The number of rotatable bonds is 6. The summed E-state index contributed by atoms with van der Waals surface area (Å²) in [6.07, 6.45) is 2.80. The van der Waals surface area contributed by atoms with E-state index in [4.69, 9.17) is 31.2 Å². The lowest BCUT2D eigenvalue weighted by Crippen LogP contribution is -2.29. The van der Waals surface area contributed by atoms with Gasteiger partial charge in [-0.15, -0.1) is 0 Å². The summed E-state index contributed by atoms with van der Waals surface area (Å²) in [5, 5.41) is 10.6. The highest BCUT2D eigenvalue weighted by Crippen LogP contribution is 2.41. The Bertz CT molecular complexity index is 1380. The van der Waals surface area contributed by atoms with Crippen LogP contribution in [0.5, 0.6) is 0 Å². The minimum Gasteiger partial charge on any atom is -0.467 e. The first-order valence-electron chi connectivity index (χ1n) is 11.3. The summed E-state index contributed by atoms with van der Waals surface area (Å²) in [7, 11) is 3.24. The second kappa shape index (κ2) is 9.43. The molecule has 8 nitrogen and oxygen atoms in total. The molecule has 4 aromatic rings. The summed E-state index contributed by atoms with van der Waals surface area (Å²) in [5.74, 6) is -0.486. The van der Waals surface area contributed by atoms with Crippen molar-refractivity contribution in [1.82, 2.24) is 24.5 Å². The molecule has 0 saturated heterocycles.